The quantitative estimate of drug-likeness (QED) is 0.792. The molecule has 2 aromatic heterocycles. The maximum Gasteiger partial charge on any atom is 0.352 e. The summed E-state index contributed by atoms with van der Waals surface area (Å²) in [5.74, 6) is -1.16. The van der Waals surface area contributed by atoms with Crippen LogP contribution in [-0.2, 0) is 14.3 Å². The van der Waals surface area contributed by atoms with E-state index < -0.39 is 18.0 Å². The zero-order valence-electron chi connectivity index (χ0n) is 10.8. The Labute approximate surface area is 120 Å². The highest BCUT2D eigenvalue weighted by molar-refractivity contribution is 7.11. The fourth-order valence-electron chi connectivity index (χ4n) is 1.56. The van der Waals surface area contributed by atoms with Gasteiger partial charge in [0.15, 0.2) is 0 Å². The van der Waals surface area contributed by atoms with E-state index in [1.54, 1.807) is 42.8 Å². The molecule has 0 amide bonds. The number of pyridine rings is 1. The Balaban J connectivity index is 2.19. The van der Waals surface area contributed by atoms with Crippen LogP contribution in [0.15, 0.2) is 42.0 Å². The fraction of sp³-hybridized carbons (Fsp3) is 0.214. The normalized spacial score (nSPS) is 11.7. The van der Waals surface area contributed by atoms with E-state index in [0.29, 0.717) is 10.4 Å². The van der Waals surface area contributed by atoms with E-state index in [1.165, 1.54) is 17.5 Å². The molecule has 0 aliphatic rings. The lowest BCUT2D eigenvalue weighted by atomic mass is 10.1. The number of nitrogens with zero attached hydrogens (tertiary/aromatic N) is 1. The predicted molar refractivity (Wildman–Crippen MR) is 73.3 cm³/mol. The third-order valence-corrected chi connectivity index (χ3v) is 3.28. The number of esters is 2. The zero-order valence-corrected chi connectivity index (χ0v) is 11.6. The molecule has 104 valence electrons. The van der Waals surface area contributed by atoms with Crippen LogP contribution in [0.3, 0.4) is 0 Å². The van der Waals surface area contributed by atoms with Gasteiger partial charge in [-0.2, -0.15) is 0 Å². The largest absolute Gasteiger partial charge is 0.463 e. The Bertz CT molecular complexity index is 568. The van der Waals surface area contributed by atoms with E-state index in [2.05, 4.69) is 4.98 Å². The van der Waals surface area contributed by atoms with Gasteiger partial charge in [0, 0.05) is 18.0 Å². The summed E-state index contributed by atoms with van der Waals surface area (Å²) in [5.41, 5.74) is 0.482. The molecule has 0 saturated carbocycles. The van der Waals surface area contributed by atoms with Crippen LogP contribution in [0.25, 0.3) is 0 Å². The highest BCUT2D eigenvalue weighted by atomic mass is 32.1. The number of aromatic nitrogens is 1. The van der Waals surface area contributed by atoms with Gasteiger partial charge >= 0.3 is 11.9 Å². The number of hydrogen-bond donors (Lipinski definition) is 0. The number of carbonyl (C=O) groups excluding carboxylic acids is 2. The van der Waals surface area contributed by atoms with Gasteiger partial charge in [-0.05, 0) is 24.4 Å². The fourth-order valence-corrected chi connectivity index (χ4v) is 2.17. The highest BCUT2D eigenvalue weighted by Gasteiger charge is 2.27. The average Bonchev–Trinajstić information content (AvgIpc) is 3.00. The van der Waals surface area contributed by atoms with Gasteiger partial charge in [0.1, 0.15) is 4.88 Å². The second kappa shape index (κ2) is 6.81. The van der Waals surface area contributed by atoms with Crippen LogP contribution >= 0.6 is 11.3 Å². The van der Waals surface area contributed by atoms with Gasteiger partial charge in [-0.3, -0.25) is 4.98 Å². The van der Waals surface area contributed by atoms with Crippen molar-refractivity contribution in [3.8, 4) is 0 Å². The molecule has 2 heterocycles. The van der Waals surface area contributed by atoms with Gasteiger partial charge in [-0.1, -0.05) is 12.1 Å². The molecule has 0 N–H and O–H groups in total. The molecule has 1 unspecified atom stereocenters. The molecule has 2 aromatic rings. The van der Waals surface area contributed by atoms with E-state index in [1.807, 2.05) is 0 Å². The molecule has 0 saturated heterocycles. The van der Waals surface area contributed by atoms with E-state index in [4.69, 9.17) is 9.47 Å². The Hall–Kier alpha value is -2.21. The molecule has 0 aromatic carbocycles. The molecule has 0 radical (unpaired) electrons. The number of rotatable bonds is 5. The maximum absolute atomic E-state index is 12.0. The Morgan fingerprint density at radius 2 is 2.20 bits per heavy atom. The van der Waals surface area contributed by atoms with E-state index in [-0.39, 0.29) is 6.61 Å². The summed E-state index contributed by atoms with van der Waals surface area (Å²) in [6.07, 6.45) is 1.95. The van der Waals surface area contributed by atoms with Crippen LogP contribution in [-0.4, -0.2) is 23.5 Å². The molecule has 0 aliphatic carbocycles. The lowest BCUT2D eigenvalue weighted by Gasteiger charge is -2.15. The molecule has 1 atom stereocenters. The summed E-state index contributed by atoms with van der Waals surface area (Å²) in [5, 5.41) is 1.76. The van der Waals surface area contributed by atoms with Crippen molar-refractivity contribution in [2.24, 2.45) is 0 Å². The number of carbonyl (C=O) groups is 2. The van der Waals surface area contributed by atoms with Gasteiger partial charge in [-0.25, -0.2) is 9.59 Å². The minimum Gasteiger partial charge on any atom is -0.463 e. The topological polar surface area (TPSA) is 65.5 Å². The number of thiophene rings is 1. The van der Waals surface area contributed by atoms with Gasteiger partial charge in [0.25, 0.3) is 0 Å². The van der Waals surface area contributed by atoms with Crippen molar-refractivity contribution >= 4 is 23.3 Å². The van der Waals surface area contributed by atoms with Gasteiger partial charge in [0.05, 0.1) is 6.61 Å². The van der Waals surface area contributed by atoms with Gasteiger partial charge < -0.3 is 9.47 Å². The first kappa shape index (κ1) is 14.2. The molecule has 0 aliphatic heterocycles. The van der Waals surface area contributed by atoms with E-state index in [9.17, 15) is 9.59 Å². The van der Waals surface area contributed by atoms with Crippen molar-refractivity contribution in [1.29, 1.82) is 0 Å². The van der Waals surface area contributed by atoms with Gasteiger partial charge in [-0.15, -0.1) is 11.3 Å². The summed E-state index contributed by atoms with van der Waals surface area (Å²) in [7, 11) is 0. The van der Waals surface area contributed by atoms with Crippen LogP contribution < -0.4 is 0 Å². The first-order valence-electron chi connectivity index (χ1n) is 6.03. The monoisotopic (exact) mass is 291 g/mol. The average molecular weight is 291 g/mol. The first-order chi connectivity index (χ1) is 9.72. The molecule has 0 bridgehead atoms. The second-order valence-electron chi connectivity index (χ2n) is 3.80. The van der Waals surface area contributed by atoms with Crippen LogP contribution in [0.5, 0.6) is 0 Å². The highest BCUT2D eigenvalue weighted by Crippen LogP contribution is 2.21. The van der Waals surface area contributed by atoms with Crippen molar-refractivity contribution < 1.29 is 19.1 Å². The summed E-state index contributed by atoms with van der Waals surface area (Å²) < 4.78 is 10.2. The molecular weight excluding hydrogens is 278 g/mol. The lowest BCUT2D eigenvalue weighted by molar-refractivity contribution is -0.153. The molecular formula is C14H13NO4S. The predicted octanol–water partition coefficient (Wildman–Crippen LogP) is 2.60. The molecule has 0 spiro atoms. The first-order valence-corrected chi connectivity index (χ1v) is 6.91. The number of hydrogen-bond acceptors (Lipinski definition) is 6. The van der Waals surface area contributed by atoms with Gasteiger partial charge in [0.2, 0.25) is 6.10 Å². The summed E-state index contributed by atoms with van der Waals surface area (Å²) in [6, 6.07) is 6.71. The maximum atomic E-state index is 12.0. The standard InChI is InChI=1S/C14H13NO4S/c1-2-18-14(17)12(10-5-3-7-15-9-10)19-13(16)11-6-4-8-20-11/h3-9,12H,2H2,1H3. The minimum absolute atomic E-state index is 0.214. The third-order valence-electron chi connectivity index (χ3n) is 2.44. The van der Waals surface area contributed by atoms with Crippen molar-refractivity contribution in [1.82, 2.24) is 4.98 Å². The van der Waals surface area contributed by atoms with E-state index in [0.717, 1.165) is 0 Å². The van der Waals surface area contributed by atoms with Crippen molar-refractivity contribution in [2.45, 2.75) is 13.0 Å². The lowest BCUT2D eigenvalue weighted by Crippen LogP contribution is -2.22. The summed E-state index contributed by atoms with van der Waals surface area (Å²) in [4.78, 5) is 28.2. The minimum atomic E-state index is -1.10. The Morgan fingerprint density at radius 3 is 2.80 bits per heavy atom. The van der Waals surface area contributed by atoms with Crippen LogP contribution in [0.4, 0.5) is 0 Å². The molecule has 0 fully saturated rings. The molecule has 6 heteroatoms. The second-order valence-corrected chi connectivity index (χ2v) is 4.75. The van der Waals surface area contributed by atoms with Crippen molar-refractivity contribution in [3.05, 3.63) is 52.5 Å². The Morgan fingerprint density at radius 1 is 1.35 bits per heavy atom. The Kier molecular flexibility index (Phi) is 4.84. The van der Waals surface area contributed by atoms with Crippen LogP contribution in [0, 0.1) is 0 Å². The molecule has 20 heavy (non-hydrogen) atoms. The van der Waals surface area contributed by atoms with E-state index >= 15 is 0 Å². The van der Waals surface area contributed by atoms with Crippen molar-refractivity contribution in [2.75, 3.05) is 6.61 Å². The summed E-state index contributed by atoms with van der Waals surface area (Å²) in [6.45, 7) is 1.91. The van der Waals surface area contributed by atoms with Crippen molar-refractivity contribution in [3.63, 3.8) is 0 Å². The van der Waals surface area contributed by atoms with Crippen LogP contribution in [0.2, 0.25) is 0 Å². The zero-order chi connectivity index (χ0) is 14.4. The summed E-state index contributed by atoms with van der Waals surface area (Å²) >= 11 is 1.25. The third kappa shape index (κ3) is 3.42. The number of ether oxygens (including phenoxy) is 2. The molecule has 5 nitrogen and oxygen atoms in total. The SMILES string of the molecule is CCOC(=O)C(OC(=O)c1cccs1)c1cccnc1. The molecule has 2 rings (SSSR count). The smallest absolute Gasteiger partial charge is 0.352 e. The van der Waals surface area contributed by atoms with Crippen LogP contribution in [0.1, 0.15) is 28.3 Å².